The molecule has 7 nitrogen and oxygen atoms in total. The fourth-order valence-corrected chi connectivity index (χ4v) is 8.17. The molecule has 1 N–H and O–H groups in total. The van der Waals surface area contributed by atoms with Crippen molar-refractivity contribution in [1.29, 1.82) is 0 Å². The number of carbonyl (C=O) groups is 1. The number of carbonyl (C=O) groups excluding carboxylic acids is 1. The second-order valence-corrected chi connectivity index (χ2v) is 13.3. The van der Waals surface area contributed by atoms with Gasteiger partial charge in [0.25, 0.3) is 0 Å². The molecule has 5 rings (SSSR count). The highest BCUT2D eigenvalue weighted by Crippen LogP contribution is 2.46. The van der Waals surface area contributed by atoms with E-state index in [1.165, 1.54) is 0 Å². The number of nitrogens with zero attached hydrogens (tertiary/aromatic N) is 3. The lowest BCUT2D eigenvalue weighted by Crippen LogP contribution is -2.62. The Hall–Kier alpha value is -1.73. The van der Waals surface area contributed by atoms with Crippen LogP contribution >= 0.6 is 22.9 Å². The van der Waals surface area contributed by atoms with Gasteiger partial charge in [0.15, 0.2) is 0 Å². The summed E-state index contributed by atoms with van der Waals surface area (Å²) in [5.41, 5.74) is -4.18. The molecule has 0 spiro atoms. The van der Waals surface area contributed by atoms with Gasteiger partial charge in [-0.15, -0.1) is 11.3 Å². The van der Waals surface area contributed by atoms with Gasteiger partial charge in [-0.25, -0.2) is 13.4 Å². The Balaban J connectivity index is 1.36. The van der Waals surface area contributed by atoms with Crippen molar-refractivity contribution < 1.29 is 26.4 Å². The molecule has 1 amide bonds. The Morgan fingerprint density at radius 3 is 2.43 bits per heavy atom. The third-order valence-electron chi connectivity index (χ3n) is 7.97. The van der Waals surface area contributed by atoms with Crippen molar-refractivity contribution >= 4 is 38.9 Å². The minimum atomic E-state index is -5.35. The minimum absolute atomic E-state index is 0.0124. The number of piperidine rings is 1. The van der Waals surface area contributed by atoms with Gasteiger partial charge in [0.2, 0.25) is 5.91 Å². The molecular weight excluding hydrogens is 549 g/mol. The summed E-state index contributed by atoms with van der Waals surface area (Å²) in [6.07, 6.45) is 4.58. The first kappa shape index (κ1) is 26.9. The molecule has 2 saturated heterocycles. The van der Waals surface area contributed by atoms with Gasteiger partial charge < -0.3 is 5.32 Å². The molecule has 2 aromatic rings. The zero-order valence-electron chi connectivity index (χ0n) is 19.9. The van der Waals surface area contributed by atoms with Gasteiger partial charge in [-0.2, -0.15) is 17.5 Å². The van der Waals surface area contributed by atoms with Crippen LogP contribution in [-0.4, -0.2) is 72.3 Å². The van der Waals surface area contributed by atoms with E-state index in [1.54, 1.807) is 17.5 Å². The van der Waals surface area contributed by atoms with E-state index in [4.69, 9.17) is 11.6 Å². The number of alkyl halides is 3. The van der Waals surface area contributed by atoms with Crippen LogP contribution < -0.4 is 5.32 Å². The quantitative estimate of drug-likeness (QED) is 0.580. The highest BCUT2D eigenvalue weighted by Gasteiger charge is 2.51. The van der Waals surface area contributed by atoms with Crippen LogP contribution in [-0.2, 0) is 14.8 Å². The number of fused-ring (bicyclic) bond motifs is 1. The predicted molar refractivity (Wildman–Crippen MR) is 135 cm³/mol. The number of amides is 1. The van der Waals surface area contributed by atoms with E-state index in [2.05, 4.69) is 10.3 Å². The molecule has 3 aliphatic rings. The van der Waals surface area contributed by atoms with Crippen LogP contribution in [0.15, 0.2) is 35.8 Å². The van der Waals surface area contributed by atoms with Gasteiger partial charge in [0.1, 0.15) is 5.01 Å². The van der Waals surface area contributed by atoms with E-state index >= 15 is 0 Å². The fourth-order valence-electron chi connectivity index (χ4n) is 6.25. The van der Waals surface area contributed by atoms with Crippen molar-refractivity contribution in [3.8, 4) is 0 Å². The predicted octanol–water partition coefficient (Wildman–Crippen LogP) is 4.07. The van der Waals surface area contributed by atoms with Crippen LogP contribution in [0.3, 0.4) is 0 Å². The van der Waals surface area contributed by atoms with Crippen molar-refractivity contribution in [2.75, 3.05) is 26.2 Å². The maximum atomic E-state index is 13.0. The molecule has 1 aliphatic carbocycles. The lowest BCUT2D eigenvalue weighted by atomic mass is 9.67. The van der Waals surface area contributed by atoms with E-state index < -0.39 is 15.5 Å². The summed E-state index contributed by atoms with van der Waals surface area (Å²) in [4.78, 5) is 19.2. The van der Waals surface area contributed by atoms with E-state index in [0.717, 1.165) is 29.8 Å². The molecule has 5 unspecified atom stereocenters. The molecule has 0 radical (unpaired) electrons. The zero-order chi connectivity index (χ0) is 26.4. The summed E-state index contributed by atoms with van der Waals surface area (Å²) < 4.78 is 63.3. The number of thiazole rings is 1. The summed E-state index contributed by atoms with van der Waals surface area (Å²) in [5, 5.41) is 6.77. The third kappa shape index (κ3) is 5.40. The molecule has 1 aromatic carbocycles. The summed E-state index contributed by atoms with van der Waals surface area (Å²) in [7, 11) is -5.35. The normalized spacial score (nSPS) is 28.9. The maximum Gasteiger partial charge on any atom is 0.511 e. The van der Waals surface area contributed by atoms with Crippen LogP contribution in [0.25, 0.3) is 0 Å². The molecule has 13 heteroatoms. The topological polar surface area (TPSA) is 82.6 Å². The molecule has 5 atom stereocenters. The van der Waals surface area contributed by atoms with Crippen molar-refractivity contribution in [3.05, 3.63) is 51.4 Å². The standard InChI is InChI=1S/C24H28ClF3N4O3S2/c25-17-4-1-15(2-5-17)22(23-29-7-12-36-23)16-3-6-19-18(13-16)20(14-21(33)30-19)31-8-10-32(11-9-31)37(34,35)24(26,27)28/h1-2,4-5,7,12,16,18-20,22H,3,6,8-11,13-14H2,(H,30,33). The van der Waals surface area contributed by atoms with E-state index in [1.807, 2.05) is 34.5 Å². The molecule has 3 heterocycles. The number of hydrogen-bond donors (Lipinski definition) is 1. The monoisotopic (exact) mass is 576 g/mol. The molecule has 202 valence electrons. The van der Waals surface area contributed by atoms with Crippen LogP contribution in [0.2, 0.25) is 5.02 Å². The lowest BCUT2D eigenvalue weighted by Gasteiger charge is -2.50. The highest BCUT2D eigenvalue weighted by atomic mass is 35.5. The largest absolute Gasteiger partial charge is 0.511 e. The summed E-state index contributed by atoms with van der Waals surface area (Å²) in [6.45, 7) is -0.164. The van der Waals surface area contributed by atoms with Crippen LogP contribution in [0.4, 0.5) is 13.2 Å². The third-order valence-corrected chi connectivity index (χ3v) is 10.7. The van der Waals surface area contributed by atoms with E-state index in [-0.39, 0.29) is 68.3 Å². The van der Waals surface area contributed by atoms with Crippen LogP contribution in [0.5, 0.6) is 0 Å². The van der Waals surface area contributed by atoms with Gasteiger partial charge in [-0.3, -0.25) is 9.69 Å². The van der Waals surface area contributed by atoms with Crippen molar-refractivity contribution in [3.63, 3.8) is 0 Å². The van der Waals surface area contributed by atoms with Gasteiger partial charge in [-0.05, 0) is 48.8 Å². The minimum Gasteiger partial charge on any atom is -0.353 e. The van der Waals surface area contributed by atoms with Gasteiger partial charge in [0, 0.05) is 67.2 Å². The average molecular weight is 577 g/mol. The van der Waals surface area contributed by atoms with Crippen molar-refractivity contribution in [1.82, 2.24) is 19.5 Å². The average Bonchev–Trinajstić information content (AvgIpc) is 3.39. The summed E-state index contributed by atoms with van der Waals surface area (Å²) >= 11 is 7.75. The van der Waals surface area contributed by atoms with Gasteiger partial charge >= 0.3 is 15.5 Å². The second kappa shape index (κ2) is 10.4. The molecule has 3 fully saturated rings. The maximum absolute atomic E-state index is 13.0. The van der Waals surface area contributed by atoms with Gasteiger partial charge in [-0.1, -0.05) is 23.7 Å². The fraction of sp³-hybridized carbons (Fsp3) is 0.583. The molecule has 2 aliphatic heterocycles. The molecular formula is C24H28ClF3N4O3S2. The first-order valence-electron chi connectivity index (χ1n) is 12.3. The Labute approximate surface area is 223 Å². The Morgan fingerprint density at radius 2 is 1.81 bits per heavy atom. The number of benzene rings is 1. The number of aromatic nitrogens is 1. The number of piperazine rings is 1. The number of nitrogens with one attached hydrogen (secondary N) is 1. The van der Waals surface area contributed by atoms with Crippen LogP contribution in [0.1, 0.15) is 42.2 Å². The lowest BCUT2D eigenvalue weighted by molar-refractivity contribution is -0.129. The molecule has 0 bridgehead atoms. The van der Waals surface area contributed by atoms with Crippen molar-refractivity contribution in [2.45, 2.75) is 49.2 Å². The SMILES string of the molecule is O=C1CC(N2CCN(S(=O)(=O)C(F)(F)F)CC2)C2CC(C(c3ccc(Cl)cc3)c3nccs3)CCC2N1. The number of rotatable bonds is 5. The highest BCUT2D eigenvalue weighted by molar-refractivity contribution is 7.90. The smallest absolute Gasteiger partial charge is 0.353 e. The van der Waals surface area contributed by atoms with Gasteiger partial charge in [0.05, 0.1) is 0 Å². The van der Waals surface area contributed by atoms with E-state index in [0.29, 0.717) is 9.33 Å². The molecule has 37 heavy (non-hydrogen) atoms. The van der Waals surface area contributed by atoms with Crippen LogP contribution in [0, 0.1) is 11.8 Å². The first-order valence-corrected chi connectivity index (χ1v) is 15.0. The summed E-state index contributed by atoms with van der Waals surface area (Å²) in [5.74, 6) is 0.379. The number of hydrogen-bond acceptors (Lipinski definition) is 6. The van der Waals surface area contributed by atoms with Crippen molar-refractivity contribution in [2.24, 2.45) is 11.8 Å². The number of halogens is 4. The first-order chi connectivity index (χ1) is 17.5. The Kier molecular flexibility index (Phi) is 7.58. The Morgan fingerprint density at radius 1 is 1.11 bits per heavy atom. The molecule has 1 saturated carbocycles. The second-order valence-electron chi connectivity index (χ2n) is 9.97. The van der Waals surface area contributed by atoms with E-state index in [9.17, 15) is 26.4 Å². The number of sulfonamides is 1. The Bertz CT molecular complexity index is 1200. The summed E-state index contributed by atoms with van der Waals surface area (Å²) in [6, 6.07) is 7.64. The molecule has 1 aromatic heterocycles. The zero-order valence-corrected chi connectivity index (χ0v) is 22.3.